The molecule has 33 heavy (non-hydrogen) atoms. The van der Waals surface area contributed by atoms with E-state index in [4.69, 9.17) is 10.5 Å². The van der Waals surface area contributed by atoms with Crippen molar-refractivity contribution in [1.29, 1.82) is 0 Å². The molecule has 1 aliphatic rings. The van der Waals surface area contributed by atoms with Crippen molar-refractivity contribution in [3.05, 3.63) is 71.0 Å². The zero-order valence-corrected chi connectivity index (χ0v) is 19.5. The summed E-state index contributed by atoms with van der Waals surface area (Å²) in [5.74, 6) is -0.968. The van der Waals surface area contributed by atoms with E-state index in [9.17, 15) is 14.0 Å². The summed E-state index contributed by atoms with van der Waals surface area (Å²) in [6, 6.07) is 13.0. The first-order valence-corrected chi connectivity index (χ1v) is 10.9. The number of nitrogens with one attached hydrogen (secondary N) is 1. The monoisotopic (exact) mass is 454 g/mol. The number of benzene rings is 2. The minimum atomic E-state index is -0.576. The Kier molecular flexibility index (Phi) is 7.48. The molecule has 3 N–H and O–H groups in total. The van der Waals surface area contributed by atoms with Gasteiger partial charge in [0.2, 0.25) is 5.91 Å². The van der Waals surface area contributed by atoms with Crippen LogP contribution in [0.4, 0.5) is 4.39 Å². The van der Waals surface area contributed by atoms with E-state index in [0.717, 1.165) is 5.56 Å². The van der Waals surface area contributed by atoms with E-state index in [2.05, 4.69) is 10.3 Å². The number of rotatable bonds is 8. The van der Waals surface area contributed by atoms with Gasteiger partial charge in [-0.1, -0.05) is 44.2 Å². The average Bonchev–Trinajstić information content (AvgIpc) is 2.76. The fourth-order valence-electron chi connectivity index (χ4n) is 3.76. The number of ether oxygens (including phenoxy) is 1. The highest BCUT2D eigenvalue weighted by atomic mass is 19.1. The molecule has 0 bridgehead atoms. The van der Waals surface area contributed by atoms with Crippen molar-refractivity contribution in [3.63, 3.8) is 0 Å². The van der Waals surface area contributed by atoms with Crippen molar-refractivity contribution in [1.82, 2.24) is 10.2 Å². The SMILES string of the molecule is COCC(NC(=O)c1cc(F)cc(CN2C(=O)CC(C)(C(C)C)N=C2N)c1)c1ccccc1. The van der Waals surface area contributed by atoms with E-state index in [1.54, 1.807) is 13.2 Å². The molecule has 0 aliphatic carbocycles. The van der Waals surface area contributed by atoms with Gasteiger partial charge >= 0.3 is 0 Å². The first-order chi connectivity index (χ1) is 15.6. The minimum Gasteiger partial charge on any atom is -0.382 e. The zero-order valence-electron chi connectivity index (χ0n) is 19.5. The van der Waals surface area contributed by atoms with E-state index in [1.807, 2.05) is 51.1 Å². The van der Waals surface area contributed by atoms with E-state index in [1.165, 1.54) is 17.0 Å². The lowest BCUT2D eigenvalue weighted by molar-refractivity contribution is -0.130. The maximum absolute atomic E-state index is 14.4. The molecule has 0 saturated carbocycles. The zero-order chi connectivity index (χ0) is 24.2. The van der Waals surface area contributed by atoms with Gasteiger partial charge in [0, 0.05) is 12.7 Å². The maximum atomic E-state index is 14.4. The van der Waals surface area contributed by atoms with Crippen molar-refractivity contribution in [3.8, 4) is 0 Å². The van der Waals surface area contributed by atoms with Gasteiger partial charge in [0.05, 0.1) is 31.2 Å². The summed E-state index contributed by atoms with van der Waals surface area (Å²) in [5, 5.41) is 2.89. The Labute approximate surface area is 193 Å². The Morgan fingerprint density at radius 2 is 1.97 bits per heavy atom. The number of amides is 2. The van der Waals surface area contributed by atoms with Crippen LogP contribution in [0, 0.1) is 11.7 Å². The summed E-state index contributed by atoms with van der Waals surface area (Å²) in [6.07, 6.45) is 0.212. The van der Waals surface area contributed by atoms with Crippen LogP contribution in [-0.4, -0.2) is 41.9 Å². The van der Waals surface area contributed by atoms with Gasteiger partial charge in [0.1, 0.15) is 5.82 Å². The molecule has 2 aromatic rings. The number of hydrogen-bond acceptors (Lipinski definition) is 5. The molecule has 2 unspecified atom stereocenters. The van der Waals surface area contributed by atoms with Gasteiger partial charge in [0.25, 0.3) is 5.91 Å². The normalized spacial score (nSPS) is 19.4. The highest BCUT2D eigenvalue weighted by Crippen LogP contribution is 2.30. The highest BCUT2D eigenvalue weighted by molar-refractivity contribution is 5.99. The molecule has 2 amide bonds. The quantitative estimate of drug-likeness (QED) is 0.639. The Balaban J connectivity index is 1.81. The van der Waals surface area contributed by atoms with Crippen LogP contribution in [0.15, 0.2) is 53.5 Å². The third-order valence-corrected chi connectivity index (χ3v) is 6.10. The summed E-state index contributed by atoms with van der Waals surface area (Å²) in [6.45, 7) is 6.17. The standard InChI is InChI=1S/C25H31FN4O3/c1-16(2)25(3)13-22(31)30(24(27)29-25)14-17-10-19(12-20(26)11-17)23(32)28-21(15-33-4)18-8-6-5-7-9-18/h5-12,16,21H,13-15H2,1-4H3,(H2,27,29)(H,28,32). The lowest BCUT2D eigenvalue weighted by Gasteiger charge is -2.37. The summed E-state index contributed by atoms with van der Waals surface area (Å²) < 4.78 is 19.6. The van der Waals surface area contributed by atoms with Crippen molar-refractivity contribution < 1.29 is 18.7 Å². The summed E-state index contributed by atoms with van der Waals surface area (Å²) in [4.78, 5) is 31.6. The van der Waals surface area contributed by atoms with Crippen molar-refractivity contribution in [2.24, 2.45) is 16.6 Å². The molecule has 0 aromatic heterocycles. The van der Waals surface area contributed by atoms with Crippen LogP contribution in [0.2, 0.25) is 0 Å². The average molecular weight is 455 g/mol. The Morgan fingerprint density at radius 1 is 1.27 bits per heavy atom. The van der Waals surface area contributed by atoms with Crippen LogP contribution >= 0.6 is 0 Å². The van der Waals surface area contributed by atoms with Crippen LogP contribution in [0.1, 0.15) is 54.7 Å². The van der Waals surface area contributed by atoms with Crippen molar-refractivity contribution >= 4 is 17.8 Å². The van der Waals surface area contributed by atoms with Gasteiger partial charge < -0.3 is 15.8 Å². The molecule has 0 fully saturated rings. The molecule has 2 atom stereocenters. The van der Waals surface area contributed by atoms with Crippen LogP contribution in [0.3, 0.4) is 0 Å². The Morgan fingerprint density at radius 3 is 2.58 bits per heavy atom. The van der Waals surface area contributed by atoms with E-state index in [0.29, 0.717) is 5.56 Å². The number of hydrogen-bond donors (Lipinski definition) is 2. The predicted molar refractivity (Wildman–Crippen MR) is 125 cm³/mol. The molecule has 2 aromatic carbocycles. The van der Waals surface area contributed by atoms with Crippen LogP contribution in [0.25, 0.3) is 0 Å². The molecule has 3 rings (SSSR count). The van der Waals surface area contributed by atoms with E-state index >= 15 is 0 Å². The molecular formula is C25H31FN4O3. The molecule has 0 radical (unpaired) electrons. The second-order valence-corrected chi connectivity index (χ2v) is 8.88. The third kappa shape index (κ3) is 5.76. The summed E-state index contributed by atoms with van der Waals surface area (Å²) in [7, 11) is 1.55. The molecule has 176 valence electrons. The first kappa shape index (κ1) is 24.4. The fourth-order valence-corrected chi connectivity index (χ4v) is 3.76. The smallest absolute Gasteiger partial charge is 0.251 e. The van der Waals surface area contributed by atoms with Gasteiger partial charge in [-0.15, -0.1) is 0 Å². The van der Waals surface area contributed by atoms with Gasteiger partial charge in [-0.25, -0.2) is 9.38 Å². The summed E-state index contributed by atoms with van der Waals surface area (Å²) in [5.41, 5.74) is 7.00. The second kappa shape index (κ2) is 10.1. The number of carbonyl (C=O) groups excluding carboxylic acids is 2. The van der Waals surface area contributed by atoms with Crippen molar-refractivity contribution in [2.75, 3.05) is 13.7 Å². The van der Waals surface area contributed by atoms with Gasteiger partial charge in [-0.3, -0.25) is 14.5 Å². The number of carbonyl (C=O) groups is 2. The van der Waals surface area contributed by atoms with E-state index in [-0.39, 0.29) is 42.9 Å². The maximum Gasteiger partial charge on any atom is 0.251 e. The molecule has 1 heterocycles. The number of guanidine groups is 1. The molecule has 8 heteroatoms. The molecule has 0 spiro atoms. The minimum absolute atomic E-state index is 0.0283. The number of methoxy groups -OCH3 is 1. The number of nitrogens with zero attached hydrogens (tertiary/aromatic N) is 2. The predicted octanol–water partition coefficient (Wildman–Crippen LogP) is 3.40. The molecule has 7 nitrogen and oxygen atoms in total. The lowest BCUT2D eigenvalue weighted by atomic mass is 9.84. The topological polar surface area (TPSA) is 97.0 Å². The fraction of sp³-hybridized carbons (Fsp3) is 0.400. The third-order valence-electron chi connectivity index (χ3n) is 6.10. The second-order valence-electron chi connectivity index (χ2n) is 8.88. The number of halogens is 1. The largest absolute Gasteiger partial charge is 0.382 e. The molecular weight excluding hydrogens is 423 g/mol. The van der Waals surface area contributed by atoms with Gasteiger partial charge in [-0.05, 0) is 42.2 Å². The van der Waals surface area contributed by atoms with Crippen LogP contribution in [0.5, 0.6) is 0 Å². The molecule has 0 saturated heterocycles. The highest BCUT2D eigenvalue weighted by Gasteiger charge is 2.38. The van der Waals surface area contributed by atoms with Gasteiger partial charge in [-0.2, -0.15) is 0 Å². The Hall–Kier alpha value is -3.26. The molecule has 1 aliphatic heterocycles. The van der Waals surface area contributed by atoms with Gasteiger partial charge in [0.15, 0.2) is 5.96 Å². The lowest BCUT2D eigenvalue weighted by Crippen LogP contribution is -2.51. The van der Waals surface area contributed by atoms with E-state index < -0.39 is 23.3 Å². The number of aliphatic imine (C=N–C) groups is 1. The Bertz CT molecular complexity index is 1040. The van der Waals surface area contributed by atoms with Crippen molar-refractivity contribution in [2.45, 2.75) is 45.3 Å². The number of nitrogens with two attached hydrogens (primary N) is 1. The first-order valence-electron chi connectivity index (χ1n) is 10.9. The van der Waals surface area contributed by atoms with Crippen LogP contribution in [-0.2, 0) is 16.1 Å². The van der Waals surface area contributed by atoms with Crippen LogP contribution < -0.4 is 11.1 Å². The summed E-state index contributed by atoms with van der Waals surface area (Å²) >= 11 is 0.